The van der Waals surface area contributed by atoms with E-state index in [1.807, 2.05) is 12.4 Å². The topological polar surface area (TPSA) is 24.9 Å². The average molecular weight is 268 g/mol. The second kappa shape index (κ2) is 6.67. The summed E-state index contributed by atoms with van der Waals surface area (Å²) in [6, 6.07) is 11.6. The summed E-state index contributed by atoms with van der Waals surface area (Å²) in [5, 5.41) is 3.69. The smallest absolute Gasteiger partial charge is 0.0297 e. The number of rotatable bonds is 5. The maximum Gasteiger partial charge on any atom is 0.0297 e. The molecule has 0 bridgehead atoms. The van der Waals surface area contributed by atoms with Crippen LogP contribution in [0.15, 0.2) is 42.7 Å². The molecule has 0 radical (unpaired) electrons. The molecule has 1 aromatic carbocycles. The summed E-state index contributed by atoms with van der Waals surface area (Å²) in [6.45, 7) is 8.81. The van der Waals surface area contributed by atoms with Crippen LogP contribution in [0.5, 0.6) is 0 Å². The third kappa shape index (κ3) is 3.91. The second-order valence-electron chi connectivity index (χ2n) is 5.71. The van der Waals surface area contributed by atoms with Gasteiger partial charge in [-0.05, 0) is 62.9 Å². The summed E-state index contributed by atoms with van der Waals surface area (Å²) < 4.78 is 0. The van der Waals surface area contributed by atoms with Crippen molar-refractivity contribution in [2.45, 2.75) is 46.2 Å². The zero-order chi connectivity index (χ0) is 14.5. The van der Waals surface area contributed by atoms with E-state index in [1.165, 1.54) is 22.3 Å². The van der Waals surface area contributed by atoms with E-state index in [9.17, 15) is 0 Å². The first-order chi connectivity index (χ1) is 9.56. The van der Waals surface area contributed by atoms with Crippen molar-refractivity contribution in [1.82, 2.24) is 10.3 Å². The van der Waals surface area contributed by atoms with Crippen molar-refractivity contribution in [3.05, 3.63) is 65.0 Å². The van der Waals surface area contributed by atoms with Crippen LogP contribution in [0, 0.1) is 13.8 Å². The normalized spacial score (nSPS) is 14.0. The predicted octanol–water partition coefficient (Wildman–Crippen LogP) is 3.98. The molecule has 0 saturated carbocycles. The lowest BCUT2D eigenvalue weighted by atomic mass is 9.98. The largest absolute Gasteiger partial charge is 0.307 e. The van der Waals surface area contributed by atoms with Gasteiger partial charge < -0.3 is 5.32 Å². The molecule has 0 aliphatic carbocycles. The first-order valence-electron chi connectivity index (χ1n) is 7.28. The van der Waals surface area contributed by atoms with E-state index in [0.29, 0.717) is 12.1 Å². The van der Waals surface area contributed by atoms with Gasteiger partial charge in [0.05, 0.1) is 0 Å². The molecule has 0 unspecified atom stereocenters. The second-order valence-corrected chi connectivity index (χ2v) is 5.71. The lowest BCUT2D eigenvalue weighted by Crippen LogP contribution is -2.31. The van der Waals surface area contributed by atoms with Gasteiger partial charge in [-0.1, -0.05) is 23.8 Å². The van der Waals surface area contributed by atoms with Crippen molar-refractivity contribution in [2.24, 2.45) is 0 Å². The fourth-order valence-electron chi connectivity index (χ4n) is 2.67. The van der Waals surface area contributed by atoms with Gasteiger partial charge in [0.15, 0.2) is 0 Å². The van der Waals surface area contributed by atoms with E-state index < -0.39 is 0 Å². The molecule has 0 saturated heterocycles. The van der Waals surface area contributed by atoms with Crippen molar-refractivity contribution in [1.29, 1.82) is 0 Å². The number of nitrogens with one attached hydrogen (secondary N) is 1. The van der Waals surface area contributed by atoms with Crippen LogP contribution < -0.4 is 5.32 Å². The minimum atomic E-state index is 0.367. The van der Waals surface area contributed by atoms with Gasteiger partial charge in [-0.3, -0.25) is 4.98 Å². The molecule has 1 heterocycles. The first kappa shape index (κ1) is 14.7. The van der Waals surface area contributed by atoms with E-state index in [4.69, 9.17) is 0 Å². The molecule has 0 aliphatic heterocycles. The van der Waals surface area contributed by atoms with Crippen molar-refractivity contribution in [2.75, 3.05) is 0 Å². The van der Waals surface area contributed by atoms with E-state index >= 15 is 0 Å². The van der Waals surface area contributed by atoms with Crippen LogP contribution >= 0.6 is 0 Å². The Bertz CT molecular complexity index is 549. The molecule has 1 N–H and O–H groups in total. The molecule has 2 rings (SSSR count). The Morgan fingerprint density at radius 3 is 2.45 bits per heavy atom. The maximum absolute atomic E-state index is 4.06. The fraction of sp³-hybridized carbons (Fsp3) is 0.389. The van der Waals surface area contributed by atoms with Crippen LogP contribution in [-0.2, 0) is 6.42 Å². The monoisotopic (exact) mass is 268 g/mol. The molecule has 20 heavy (non-hydrogen) atoms. The molecule has 0 amide bonds. The fourth-order valence-corrected chi connectivity index (χ4v) is 2.67. The Balaban J connectivity index is 2.00. The Morgan fingerprint density at radius 2 is 1.75 bits per heavy atom. The Hall–Kier alpha value is -1.67. The van der Waals surface area contributed by atoms with Crippen LogP contribution in [0.2, 0.25) is 0 Å². The van der Waals surface area contributed by atoms with Gasteiger partial charge >= 0.3 is 0 Å². The number of hydrogen-bond donors (Lipinski definition) is 1. The summed E-state index contributed by atoms with van der Waals surface area (Å²) in [6.07, 6.45) is 4.74. The number of nitrogens with zero attached hydrogens (tertiary/aromatic N) is 1. The molecule has 0 aliphatic rings. The minimum absolute atomic E-state index is 0.367. The number of benzene rings is 1. The Labute approximate surface area is 122 Å². The van der Waals surface area contributed by atoms with Gasteiger partial charge in [0.1, 0.15) is 0 Å². The van der Waals surface area contributed by atoms with Gasteiger partial charge in [-0.15, -0.1) is 0 Å². The van der Waals surface area contributed by atoms with Crippen LogP contribution in [-0.4, -0.2) is 11.0 Å². The van der Waals surface area contributed by atoms with Crippen LogP contribution in [0.4, 0.5) is 0 Å². The average Bonchev–Trinajstić information content (AvgIpc) is 2.42. The summed E-state index contributed by atoms with van der Waals surface area (Å²) in [5.41, 5.74) is 5.40. The summed E-state index contributed by atoms with van der Waals surface area (Å²) >= 11 is 0. The number of aryl methyl sites for hydroxylation is 2. The summed E-state index contributed by atoms with van der Waals surface area (Å²) in [7, 11) is 0. The van der Waals surface area contributed by atoms with Crippen molar-refractivity contribution >= 4 is 0 Å². The van der Waals surface area contributed by atoms with Gasteiger partial charge in [0.2, 0.25) is 0 Å². The molecule has 106 valence electrons. The van der Waals surface area contributed by atoms with E-state index in [2.05, 4.69) is 68.3 Å². The summed E-state index contributed by atoms with van der Waals surface area (Å²) in [4.78, 5) is 4.06. The number of hydrogen-bond acceptors (Lipinski definition) is 2. The summed E-state index contributed by atoms with van der Waals surface area (Å²) in [5.74, 6) is 0. The zero-order valence-corrected chi connectivity index (χ0v) is 12.9. The molecule has 0 spiro atoms. The molecule has 1 aromatic heterocycles. The van der Waals surface area contributed by atoms with Crippen LogP contribution in [0.1, 0.15) is 42.1 Å². The van der Waals surface area contributed by atoms with E-state index in [1.54, 1.807) is 0 Å². The number of pyridine rings is 1. The highest BCUT2D eigenvalue weighted by Gasteiger charge is 2.12. The maximum atomic E-state index is 4.06. The Kier molecular flexibility index (Phi) is 4.91. The van der Waals surface area contributed by atoms with Crippen molar-refractivity contribution < 1.29 is 0 Å². The highest BCUT2D eigenvalue weighted by atomic mass is 14.9. The van der Waals surface area contributed by atoms with E-state index in [0.717, 1.165) is 6.42 Å². The van der Waals surface area contributed by atoms with Gasteiger partial charge in [-0.25, -0.2) is 0 Å². The molecule has 2 aromatic rings. The molecular formula is C18H24N2. The molecule has 2 heteroatoms. The number of aromatic nitrogens is 1. The van der Waals surface area contributed by atoms with Crippen LogP contribution in [0.3, 0.4) is 0 Å². The van der Waals surface area contributed by atoms with Crippen molar-refractivity contribution in [3.63, 3.8) is 0 Å². The SMILES string of the molecule is Cc1ccc(C)c([C@@H](C)N[C@@H](C)Cc2ccncc2)c1. The lowest BCUT2D eigenvalue weighted by Gasteiger charge is -2.22. The van der Waals surface area contributed by atoms with Gasteiger partial charge in [-0.2, -0.15) is 0 Å². The third-order valence-electron chi connectivity index (χ3n) is 3.73. The molecule has 2 atom stereocenters. The molecule has 0 fully saturated rings. The molecular weight excluding hydrogens is 244 g/mol. The van der Waals surface area contributed by atoms with Crippen molar-refractivity contribution in [3.8, 4) is 0 Å². The minimum Gasteiger partial charge on any atom is -0.307 e. The third-order valence-corrected chi connectivity index (χ3v) is 3.73. The Morgan fingerprint density at radius 1 is 1.05 bits per heavy atom. The first-order valence-corrected chi connectivity index (χ1v) is 7.28. The lowest BCUT2D eigenvalue weighted by molar-refractivity contribution is 0.475. The highest BCUT2D eigenvalue weighted by molar-refractivity contribution is 5.32. The standard InChI is InChI=1S/C18H24N2/c1-13-5-6-14(2)18(11-13)16(4)20-15(3)12-17-7-9-19-10-8-17/h5-11,15-16,20H,12H2,1-4H3/t15-,16+/m0/s1. The van der Waals surface area contributed by atoms with E-state index in [-0.39, 0.29) is 0 Å². The predicted molar refractivity (Wildman–Crippen MR) is 84.9 cm³/mol. The van der Waals surface area contributed by atoms with Gasteiger partial charge in [0.25, 0.3) is 0 Å². The highest BCUT2D eigenvalue weighted by Crippen LogP contribution is 2.19. The quantitative estimate of drug-likeness (QED) is 0.887. The van der Waals surface area contributed by atoms with Gasteiger partial charge in [0, 0.05) is 24.5 Å². The zero-order valence-electron chi connectivity index (χ0n) is 12.9. The van der Waals surface area contributed by atoms with Crippen LogP contribution in [0.25, 0.3) is 0 Å². The molecule has 2 nitrogen and oxygen atoms in total.